The van der Waals surface area contributed by atoms with Gasteiger partial charge < -0.3 is 5.43 Å². The molecule has 0 bridgehead atoms. The van der Waals surface area contributed by atoms with Crippen molar-refractivity contribution in [3.63, 3.8) is 0 Å². The molecule has 0 aliphatic heterocycles. The van der Waals surface area contributed by atoms with Crippen LogP contribution in [-0.2, 0) is 0 Å². The zero-order chi connectivity index (χ0) is 11.0. The number of nitrogens with one attached hydrogen (secondary N) is 1. The van der Waals surface area contributed by atoms with Crippen molar-refractivity contribution in [1.29, 1.82) is 0 Å². The third-order valence-electron chi connectivity index (χ3n) is 2.40. The van der Waals surface area contributed by atoms with E-state index in [0.29, 0.717) is 0 Å². The molecule has 0 aliphatic rings. The summed E-state index contributed by atoms with van der Waals surface area (Å²) < 4.78 is 1.00. The Hall–Kier alpha value is -1.13. The second-order valence-electron chi connectivity index (χ2n) is 3.54. The van der Waals surface area contributed by atoms with Crippen LogP contribution in [0.1, 0.15) is 11.3 Å². The number of nitrogens with two attached hydrogens (primary N) is 1. The Morgan fingerprint density at radius 1 is 1.33 bits per heavy atom. The lowest BCUT2D eigenvalue weighted by molar-refractivity contribution is 1.22. The summed E-state index contributed by atoms with van der Waals surface area (Å²) in [5, 5.41) is 1.03. The van der Waals surface area contributed by atoms with Crippen LogP contribution < -0.4 is 11.3 Å². The molecule has 15 heavy (non-hydrogen) atoms. The number of pyridine rings is 1. The number of aryl methyl sites for hydroxylation is 2. The minimum atomic E-state index is 0.896. The van der Waals surface area contributed by atoms with E-state index in [0.717, 1.165) is 32.3 Å². The molecule has 0 fully saturated rings. The lowest BCUT2D eigenvalue weighted by atomic mass is 10.1. The van der Waals surface area contributed by atoms with E-state index in [-0.39, 0.29) is 0 Å². The second-order valence-corrected chi connectivity index (χ2v) is 4.40. The smallest absolute Gasteiger partial charge is 0.0766 e. The molecule has 0 radical (unpaired) electrons. The molecule has 0 amide bonds. The Bertz CT molecular complexity index is 523. The minimum Gasteiger partial charge on any atom is -0.323 e. The molecule has 2 aromatic rings. The highest BCUT2D eigenvalue weighted by molar-refractivity contribution is 9.10. The summed E-state index contributed by atoms with van der Waals surface area (Å²) in [5.74, 6) is 5.51. The number of fused-ring (bicyclic) bond motifs is 1. The number of hydrogen-bond donors (Lipinski definition) is 2. The monoisotopic (exact) mass is 265 g/mol. The van der Waals surface area contributed by atoms with Gasteiger partial charge in [0.05, 0.1) is 11.2 Å². The lowest BCUT2D eigenvalue weighted by Crippen LogP contribution is -2.08. The van der Waals surface area contributed by atoms with Crippen LogP contribution in [0.5, 0.6) is 0 Å². The van der Waals surface area contributed by atoms with Crippen LogP contribution in [0.4, 0.5) is 5.69 Å². The molecular weight excluding hydrogens is 254 g/mol. The van der Waals surface area contributed by atoms with Crippen LogP contribution in [0.3, 0.4) is 0 Å². The summed E-state index contributed by atoms with van der Waals surface area (Å²) in [4.78, 5) is 4.52. The van der Waals surface area contributed by atoms with Gasteiger partial charge in [0.2, 0.25) is 0 Å². The Kier molecular flexibility index (Phi) is 2.63. The van der Waals surface area contributed by atoms with Crippen LogP contribution >= 0.6 is 15.9 Å². The van der Waals surface area contributed by atoms with Crippen molar-refractivity contribution in [1.82, 2.24) is 4.98 Å². The van der Waals surface area contributed by atoms with Crippen molar-refractivity contribution < 1.29 is 0 Å². The highest BCUT2D eigenvalue weighted by Crippen LogP contribution is 2.31. The average molecular weight is 266 g/mol. The molecule has 0 unspecified atom stereocenters. The first-order chi connectivity index (χ1) is 7.13. The van der Waals surface area contributed by atoms with E-state index < -0.39 is 0 Å². The third kappa shape index (κ3) is 1.70. The number of hydrazine groups is 1. The van der Waals surface area contributed by atoms with Crippen molar-refractivity contribution in [3.05, 3.63) is 33.9 Å². The van der Waals surface area contributed by atoms with E-state index in [1.807, 2.05) is 32.0 Å². The van der Waals surface area contributed by atoms with Crippen molar-refractivity contribution in [3.8, 4) is 0 Å². The number of anilines is 1. The molecule has 0 aliphatic carbocycles. The van der Waals surface area contributed by atoms with E-state index in [1.165, 1.54) is 0 Å². The number of nitrogens with zero attached hydrogens (tertiary/aromatic N) is 1. The maximum absolute atomic E-state index is 5.51. The highest BCUT2D eigenvalue weighted by atomic mass is 79.9. The van der Waals surface area contributed by atoms with Crippen LogP contribution in [0.25, 0.3) is 10.9 Å². The number of aromatic nitrogens is 1. The molecule has 1 aromatic carbocycles. The Morgan fingerprint density at radius 3 is 2.73 bits per heavy atom. The van der Waals surface area contributed by atoms with Crippen molar-refractivity contribution in [2.45, 2.75) is 13.8 Å². The summed E-state index contributed by atoms with van der Waals surface area (Å²) in [7, 11) is 0. The van der Waals surface area contributed by atoms with Gasteiger partial charge in [-0.15, -0.1) is 0 Å². The highest BCUT2D eigenvalue weighted by Gasteiger charge is 2.08. The van der Waals surface area contributed by atoms with Crippen LogP contribution in [0, 0.1) is 13.8 Å². The normalized spacial score (nSPS) is 10.7. The molecular formula is C11H12BrN3. The van der Waals surface area contributed by atoms with Gasteiger partial charge in [-0.1, -0.05) is 22.0 Å². The van der Waals surface area contributed by atoms with Gasteiger partial charge in [0.25, 0.3) is 0 Å². The fraction of sp³-hybridized carbons (Fsp3) is 0.182. The standard InChI is InChI=1S/C11H12BrN3/c1-6-3-4-8(12)10-9(15-13)5-7(2)14-11(6)10/h3-5H,13H2,1-2H3,(H,14,15). The van der Waals surface area contributed by atoms with Gasteiger partial charge in [-0.2, -0.15) is 0 Å². The van der Waals surface area contributed by atoms with Gasteiger partial charge in [0.15, 0.2) is 0 Å². The Morgan fingerprint density at radius 2 is 2.07 bits per heavy atom. The maximum Gasteiger partial charge on any atom is 0.0766 e. The summed E-state index contributed by atoms with van der Waals surface area (Å²) in [5.41, 5.74) is 6.69. The third-order valence-corrected chi connectivity index (χ3v) is 3.06. The molecule has 4 heteroatoms. The topological polar surface area (TPSA) is 50.9 Å². The van der Waals surface area contributed by atoms with Gasteiger partial charge in [-0.05, 0) is 31.5 Å². The summed E-state index contributed by atoms with van der Waals surface area (Å²) in [6.07, 6.45) is 0. The largest absolute Gasteiger partial charge is 0.323 e. The first-order valence-electron chi connectivity index (χ1n) is 4.66. The molecule has 0 spiro atoms. The van der Waals surface area contributed by atoms with Crippen molar-refractivity contribution in [2.24, 2.45) is 5.84 Å². The van der Waals surface area contributed by atoms with Gasteiger partial charge in [0, 0.05) is 15.6 Å². The predicted octanol–water partition coefficient (Wildman–Crippen LogP) is 2.90. The maximum atomic E-state index is 5.51. The van der Waals surface area contributed by atoms with Gasteiger partial charge in [0.1, 0.15) is 0 Å². The Labute approximate surface area is 96.8 Å². The van der Waals surface area contributed by atoms with Crippen molar-refractivity contribution in [2.75, 3.05) is 5.43 Å². The number of benzene rings is 1. The molecule has 1 aromatic heterocycles. The summed E-state index contributed by atoms with van der Waals surface area (Å²) in [6.45, 7) is 4.00. The molecule has 78 valence electrons. The number of halogens is 1. The van der Waals surface area contributed by atoms with E-state index in [9.17, 15) is 0 Å². The summed E-state index contributed by atoms with van der Waals surface area (Å²) in [6, 6.07) is 5.99. The minimum absolute atomic E-state index is 0.896. The average Bonchev–Trinajstić information content (AvgIpc) is 2.22. The molecule has 3 N–H and O–H groups in total. The van der Waals surface area contributed by atoms with Crippen LogP contribution in [0.2, 0.25) is 0 Å². The van der Waals surface area contributed by atoms with E-state index in [2.05, 4.69) is 26.3 Å². The second kappa shape index (κ2) is 3.79. The van der Waals surface area contributed by atoms with E-state index in [1.54, 1.807) is 0 Å². The van der Waals surface area contributed by atoms with Crippen LogP contribution in [0.15, 0.2) is 22.7 Å². The molecule has 1 heterocycles. The fourth-order valence-electron chi connectivity index (χ4n) is 1.67. The molecule has 0 saturated heterocycles. The first-order valence-corrected chi connectivity index (χ1v) is 5.46. The van der Waals surface area contributed by atoms with Crippen molar-refractivity contribution >= 4 is 32.5 Å². The first kappa shape index (κ1) is 10.4. The Balaban J connectivity index is 2.95. The SMILES string of the molecule is Cc1cc(NN)c2c(Br)ccc(C)c2n1. The zero-order valence-corrected chi connectivity index (χ0v) is 10.2. The zero-order valence-electron chi connectivity index (χ0n) is 8.63. The molecule has 0 saturated carbocycles. The molecule has 0 atom stereocenters. The predicted molar refractivity (Wildman–Crippen MR) is 66.7 cm³/mol. The summed E-state index contributed by atoms with van der Waals surface area (Å²) >= 11 is 3.51. The molecule has 3 nitrogen and oxygen atoms in total. The van der Waals surface area contributed by atoms with Gasteiger partial charge in [-0.25, -0.2) is 0 Å². The van der Waals surface area contributed by atoms with E-state index >= 15 is 0 Å². The fourth-order valence-corrected chi connectivity index (χ4v) is 2.21. The van der Waals surface area contributed by atoms with Crippen LogP contribution in [-0.4, -0.2) is 4.98 Å². The quantitative estimate of drug-likeness (QED) is 0.616. The number of nitrogen functional groups attached to an aromatic ring is 1. The number of hydrogen-bond acceptors (Lipinski definition) is 3. The molecule has 2 rings (SSSR count). The van der Waals surface area contributed by atoms with Gasteiger partial charge >= 0.3 is 0 Å². The number of rotatable bonds is 1. The van der Waals surface area contributed by atoms with E-state index in [4.69, 9.17) is 5.84 Å². The lowest BCUT2D eigenvalue weighted by Gasteiger charge is -2.10. The van der Waals surface area contributed by atoms with Gasteiger partial charge in [-0.3, -0.25) is 10.8 Å².